The fourth-order valence-electron chi connectivity index (χ4n) is 2.75. The number of amides is 1. The van der Waals surface area contributed by atoms with E-state index in [2.05, 4.69) is 25.4 Å². The molecular formula is C18H29FIN5O2. The molecule has 1 amide bonds. The van der Waals surface area contributed by atoms with E-state index in [4.69, 9.17) is 4.74 Å². The van der Waals surface area contributed by atoms with Crippen LogP contribution in [0.5, 0.6) is 0 Å². The minimum atomic E-state index is -0.224. The number of nitrogens with one attached hydrogen (secondary N) is 2. The summed E-state index contributed by atoms with van der Waals surface area (Å²) in [5, 5.41) is 6.00. The molecule has 1 heterocycles. The summed E-state index contributed by atoms with van der Waals surface area (Å²) in [4.78, 5) is 20.6. The zero-order valence-corrected chi connectivity index (χ0v) is 18.2. The molecule has 0 saturated carbocycles. The molecule has 0 unspecified atom stereocenters. The SMILES string of the molecule is CCNC(=NCC(=O)NCCOC)N1CCN(c2ccc(F)cc2)CC1.I. The van der Waals surface area contributed by atoms with E-state index in [9.17, 15) is 9.18 Å². The van der Waals surface area contributed by atoms with Crippen molar-refractivity contribution in [1.82, 2.24) is 15.5 Å². The number of methoxy groups -OCH3 is 1. The van der Waals surface area contributed by atoms with Gasteiger partial charge in [-0.05, 0) is 31.2 Å². The smallest absolute Gasteiger partial charge is 0.241 e. The topological polar surface area (TPSA) is 69.2 Å². The normalized spacial score (nSPS) is 14.6. The molecule has 0 spiro atoms. The van der Waals surface area contributed by atoms with Crippen molar-refractivity contribution in [2.24, 2.45) is 4.99 Å². The maximum atomic E-state index is 13.1. The van der Waals surface area contributed by atoms with Crippen molar-refractivity contribution in [3.8, 4) is 0 Å². The van der Waals surface area contributed by atoms with Crippen molar-refractivity contribution in [2.75, 3.05) is 64.4 Å². The fraction of sp³-hybridized carbons (Fsp3) is 0.556. The van der Waals surface area contributed by atoms with E-state index in [1.807, 2.05) is 6.92 Å². The van der Waals surface area contributed by atoms with Crippen LogP contribution in [0.3, 0.4) is 0 Å². The lowest BCUT2D eigenvalue weighted by atomic mass is 10.2. The van der Waals surface area contributed by atoms with Crippen LogP contribution < -0.4 is 15.5 Å². The summed E-state index contributed by atoms with van der Waals surface area (Å²) in [6.45, 7) is 7.00. The van der Waals surface area contributed by atoms with Crippen molar-refractivity contribution in [3.05, 3.63) is 30.1 Å². The van der Waals surface area contributed by atoms with Crippen LogP contribution in [0, 0.1) is 5.82 Å². The number of rotatable bonds is 7. The maximum Gasteiger partial charge on any atom is 0.241 e. The molecule has 2 rings (SSSR count). The minimum absolute atomic E-state index is 0. The molecule has 0 atom stereocenters. The summed E-state index contributed by atoms with van der Waals surface area (Å²) >= 11 is 0. The Morgan fingerprint density at radius 3 is 2.44 bits per heavy atom. The molecule has 1 aromatic carbocycles. The highest BCUT2D eigenvalue weighted by molar-refractivity contribution is 14.0. The van der Waals surface area contributed by atoms with Gasteiger partial charge in [-0.2, -0.15) is 0 Å². The van der Waals surface area contributed by atoms with Crippen molar-refractivity contribution in [3.63, 3.8) is 0 Å². The number of anilines is 1. The second kappa shape index (κ2) is 12.7. The van der Waals surface area contributed by atoms with Crippen LogP contribution in [0.2, 0.25) is 0 Å². The van der Waals surface area contributed by atoms with E-state index in [1.54, 1.807) is 19.2 Å². The lowest BCUT2D eigenvalue weighted by molar-refractivity contribution is -0.119. The number of hydrogen-bond donors (Lipinski definition) is 2. The van der Waals surface area contributed by atoms with E-state index in [-0.39, 0.29) is 42.2 Å². The molecule has 0 radical (unpaired) electrons. The average molecular weight is 493 g/mol. The number of aliphatic imine (C=N–C) groups is 1. The van der Waals surface area contributed by atoms with Gasteiger partial charge in [-0.25, -0.2) is 9.38 Å². The molecule has 9 heteroatoms. The molecule has 27 heavy (non-hydrogen) atoms. The van der Waals surface area contributed by atoms with E-state index >= 15 is 0 Å². The largest absolute Gasteiger partial charge is 0.383 e. The first kappa shape index (κ1) is 23.4. The lowest BCUT2D eigenvalue weighted by Gasteiger charge is -2.37. The highest BCUT2D eigenvalue weighted by atomic mass is 127. The van der Waals surface area contributed by atoms with Crippen LogP contribution in [-0.4, -0.2) is 76.3 Å². The van der Waals surface area contributed by atoms with Gasteiger partial charge in [0.25, 0.3) is 0 Å². The first-order valence-electron chi connectivity index (χ1n) is 8.93. The highest BCUT2D eigenvalue weighted by Gasteiger charge is 2.20. The molecule has 1 saturated heterocycles. The van der Waals surface area contributed by atoms with Crippen molar-refractivity contribution in [1.29, 1.82) is 0 Å². The predicted octanol–water partition coefficient (Wildman–Crippen LogP) is 1.29. The van der Waals surface area contributed by atoms with Gasteiger partial charge in [-0.3, -0.25) is 4.79 Å². The summed E-state index contributed by atoms with van der Waals surface area (Å²) in [5.41, 5.74) is 1.02. The number of nitrogens with zero attached hydrogens (tertiary/aromatic N) is 3. The molecule has 7 nitrogen and oxygen atoms in total. The maximum absolute atomic E-state index is 13.1. The number of ether oxygens (including phenoxy) is 1. The van der Waals surface area contributed by atoms with Gasteiger partial charge in [0.2, 0.25) is 5.91 Å². The van der Waals surface area contributed by atoms with Gasteiger partial charge in [0.05, 0.1) is 6.61 Å². The van der Waals surface area contributed by atoms with E-state index in [1.165, 1.54) is 12.1 Å². The van der Waals surface area contributed by atoms with Crippen molar-refractivity contribution in [2.45, 2.75) is 6.92 Å². The molecule has 2 N–H and O–H groups in total. The number of carbonyl (C=O) groups excluding carboxylic acids is 1. The standard InChI is InChI=1S/C18H28FN5O2.HI/c1-3-20-18(22-14-17(25)21-8-13-26-2)24-11-9-23(10-12-24)16-6-4-15(19)5-7-16;/h4-7H,3,8-14H2,1-2H3,(H,20,22)(H,21,25);1H. The van der Waals surface area contributed by atoms with Crippen molar-refractivity contribution >= 4 is 41.5 Å². The van der Waals surface area contributed by atoms with Gasteiger partial charge in [-0.15, -0.1) is 24.0 Å². The van der Waals surface area contributed by atoms with Crippen LogP contribution in [0.4, 0.5) is 10.1 Å². The average Bonchev–Trinajstić information content (AvgIpc) is 2.66. The van der Waals surface area contributed by atoms with Gasteiger partial charge >= 0.3 is 0 Å². The Labute approximate surface area is 177 Å². The number of piperazine rings is 1. The number of halogens is 2. The van der Waals surface area contributed by atoms with Crippen molar-refractivity contribution < 1.29 is 13.9 Å². The fourth-order valence-corrected chi connectivity index (χ4v) is 2.75. The number of carbonyl (C=O) groups is 1. The zero-order chi connectivity index (χ0) is 18.8. The Morgan fingerprint density at radius 1 is 1.19 bits per heavy atom. The van der Waals surface area contributed by atoms with Gasteiger partial charge in [0.15, 0.2) is 5.96 Å². The Bertz CT molecular complexity index is 592. The molecule has 1 aromatic rings. The third-order valence-electron chi connectivity index (χ3n) is 4.11. The van der Waals surface area contributed by atoms with Crippen LogP contribution in [-0.2, 0) is 9.53 Å². The Morgan fingerprint density at radius 2 is 1.85 bits per heavy atom. The summed E-state index contributed by atoms with van der Waals surface area (Å²) in [7, 11) is 1.60. The molecular weight excluding hydrogens is 464 g/mol. The molecule has 1 aliphatic rings. The van der Waals surface area contributed by atoms with Crippen LogP contribution in [0.1, 0.15) is 6.92 Å². The van der Waals surface area contributed by atoms with Crippen LogP contribution in [0.25, 0.3) is 0 Å². The monoisotopic (exact) mass is 493 g/mol. The Kier molecular flexibility index (Phi) is 11.0. The highest BCUT2D eigenvalue weighted by Crippen LogP contribution is 2.16. The quantitative estimate of drug-likeness (QED) is 0.260. The molecule has 0 aliphatic carbocycles. The Balaban J connectivity index is 0.00000364. The third-order valence-corrected chi connectivity index (χ3v) is 4.11. The second-order valence-corrected chi connectivity index (χ2v) is 5.96. The number of guanidine groups is 1. The van der Waals surface area contributed by atoms with Gasteiger partial charge in [-0.1, -0.05) is 0 Å². The van der Waals surface area contributed by atoms with Gasteiger partial charge in [0.1, 0.15) is 12.4 Å². The van der Waals surface area contributed by atoms with Crippen LogP contribution in [0.15, 0.2) is 29.3 Å². The molecule has 0 bridgehead atoms. The van der Waals surface area contributed by atoms with E-state index in [0.29, 0.717) is 13.2 Å². The molecule has 1 fully saturated rings. The Hall–Kier alpha value is -1.62. The zero-order valence-electron chi connectivity index (χ0n) is 15.9. The summed E-state index contributed by atoms with van der Waals surface area (Å²) < 4.78 is 18.0. The van der Waals surface area contributed by atoms with E-state index < -0.39 is 0 Å². The minimum Gasteiger partial charge on any atom is -0.383 e. The first-order valence-corrected chi connectivity index (χ1v) is 8.93. The van der Waals surface area contributed by atoms with Gasteiger partial charge in [0, 0.05) is 52.1 Å². The van der Waals surface area contributed by atoms with Gasteiger partial charge < -0.3 is 25.2 Å². The predicted molar refractivity (Wildman–Crippen MR) is 116 cm³/mol. The number of hydrogen-bond acceptors (Lipinski definition) is 4. The lowest BCUT2D eigenvalue weighted by Crippen LogP contribution is -2.52. The molecule has 1 aliphatic heterocycles. The summed E-state index contributed by atoms with van der Waals surface area (Å²) in [5.74, 6) is 0.397. The molecule has 0 aromatic heterocycles. The summed E-state index contributed by atoms with van der Waals surface area (Å²) in [6, 6.07) is 6.56. The third kappa shape index (κ3) is 7.87. The number of benzene rings is 1. The summed E-state index contributed by atoms with van der Waals surface area (Å²) in [6.07, 6.45) is 0. The molecule has 152 valence electrons. The van der Waals surface area contributed by atoms with E-state index in [0.717, 1.165) is 44.4 Å². The first-order chi connectivity index (χ1) is 12.6. The second-order valence-electron chi connectivity index (χ2n) is 5.96. The van der Waals surface area contributed by atoms with Crippen LogP contribution >= 0.6 is 24.0 Å².